The number of aromatic nitrogens is 3. The van der Waals surface area contributed by atoms with Crippen LogP contribution in [0.25, 0.3) is 0 Å². The summed E-state index contributed by atoms with van der Waals surface area (Å²) in [6.07, 6.45) is 0.910. The van der Waals surface area contributed by atoms with Crippen LogP contribution in [-0.4, -0.2) is 21.8 Å². The summed E-state index contributed by atoms with van der Waals surface area (Å²) in [5.74, 6) is 0. The SMILES string of the molecule is CCCn1c(Sc2ccc(CNC)cc2C)n[nH]c1=O. The highest BCUT2D eigenvalue weighted by Gasteiger charge is 2.10. The molecule has 0 fully saturated rings. The molecule has 1 aromatic heterocycles. The average Bonchev–Trinajstić information content (AvgIpc) is 2.75. The van der Waals surface area contributed by atoms with Crippen LogP contribution in [0.4, 0.5) is 0 Å². The van der Waals surface area contributed by atoms with Crippen LogP contribution in [0, 0.1) is 6.92 Å². The van der Waals surface area contributed by atoms with Gasteiger partial charge in [0.25, 0.3) is 0 Å². The fourth-order valence-corrected chi connectivity index (χ4v) is 2.97. The lowest BCUT2D eigenvalue weighted by molar-refractivity contribution is 0.604. The van der Waals surface area contributed by atoms with Crippen LogP contribution in [0.15, 0.2) is 33.0 Å². The molecule has 0 aliphatic carbocycles. The van der Waals surface area contributed by atoms with Crippen molar-refractivity contribution in [3.8, 4) is 0 Å². The van der Waals surface area contributed by atoms with E-state index in [9.17, 15) is 4.79 Å². The maximum Gasteiger partial charge on any atom is 0.343 e. The molecule has 1 heterocycles. The molecule has 108 valence electrons. The van der Waals surface area contributed by atoms with Gasteiger partial charge in [-0.2, -0.15) is 0 Å². The maximum atomic E-state index is 11.7. The molecule has 0 aliphatic rings. The van der Waals surface area contributed by atoms with E-state index in [0.29, 0.717) is 6.54 Å². The molecule has 2 aromatic rings. The number of aryl methyl sites for hydroxylation is 1. The van der Waals surface area contributed by atoms with E-state index in [2.05, 4.69) is 40.6 Å². The number of nitrogens with zero attached hydrogens (tertiary/aromatic N) is 2. The van der Waals surface area contributed by atoms with Crippen molar-refractivity contribution in [2.24, 2.45) is 0 Å². The molecule has 0 unspecified atom stereocenters. The average molecular weight is 292 g/mol. The molecule has 0 aliphatic heterocycles. The van der Waals surface area contributed by atoms with Crippen molar-refractivity contribution < 1.29 is 0 Å². The number of hydrogen-bond acceptors (Lipinski definition) is 4. The summed E-state index contributed by atoms with van der Waals surface area (Å²) in [6, 6.07) is 6.34. The molecule has 0 bridgehead atoms. The molecule has 0 atom stereocenters. The summed E-state index contributed by atoms with van der Waals surface area (Å²) >= 11 is 1.53. The molecule has 5 nitrogen and oxygen atoms in total. The minimum absolute atomic E-state index is 0.140. The third kappa shape index (κ3) is 3.32. The third-order valence-electron chi connectivity index (χ3n) is 2.99. The van der Waals surface area contributed by atoms with Crippen molar-refractivity contribution in [3.05, 3.63) is 39.8 Å². The van der Waals surface area contributed by atoms with Gasteiger partial charge in [0, 0.05) is 18.0 Å². The molecule has 1 aromatic carbocycles. The molecule has 2 N–H and O–H groups in total. The number of H-pyrrole nitrogens is 1. The van der Waals surface area contributed by atoms with Gasteiger partial charge in [-0.25, -0.2) is 9.89 Å². The number of nitrogens with one attached hydrogen (secondary N) is 2. The van der Waals surface area contributed by atoms with Crippen molar-refractivity contribution in [1.29, 1.82) is 0 Å². The van der Waals surface area contributed by atoms with E-state index in [0.717, 1.165) is 23.0 Å². The number of rotatable bonds is 6. The lowest BCUT2D eigenvalue weighted by Gasteiger charge is -2.08. The Morgan fingerprint density at radius 1 is 1.45 bits per heavy atom. The normalized spacial score (nSPS) is 10.9. The Hall–Kier alpha value is -1.53. The standard InChI is InChI=1S/C14H20N4OS/c1-4-7-18-13(19)16-17-14(18)20-12-6-5-11(9-15-3)8-10(12)2/h5-6,8,15H,4,7,9H2,1-3H3,(H,16,19). The van der Waals surface area contributed by atoms with Gasteiger partial charge in [-0.05, 0) is 49.3 Å². The van der Waals surface area contributed by atoms with E-state index in [1.807, 2.05) is 14.0 Å². The smallest absolute Gasteiger partial charge is 0.316 e. The van der Waals surface area contributed by atoms with E-state index >= 15 is 0 Å². The van der Waals surface area contributed by atoms with Gasteiger partial charge in [-0.3, -0.25) is 4.57 Å². The first kappa shape index (κ1) is 14.9. The molecule has 0 spiro atoms. The highest BCUT2D eigenvalue weighted by molar-refractivity contribution is 7.99. The summed E-state index contributed by atoms with van der Waals surface area (Å²) in [7, 11) is 1.94. The predicted octanol–water partition coefficient (Wildman–Crippen LogP) is 2.16. The molecular formula is C14H20N4OS. The Morgan fingerprint density at radius 3 is 2.90 bits per heavy atom. The van der Waals surface area contributed by atoms with Crippen LogP contribution in [0.5, 0.6) is 0 Å². The fourth-order valence-electron chi connectivity index (χ4n) is 2.04. The zero-order chi connectivity index (χ0) is 14.5. The summed E-state index contributed by atoms with van der Waals surface area (Å²) in [6.45, 7) is 5.67. The van der Waals surface area contributed by atoms with E-state index in [-0.39, 0.29) is 5.69 Å². The molecular weight excluding hydrogens is 272 g/mol. The summed E-state index contributed by atoms with van der Waals surface area (Å²) in [5.41, 5.74) is 2.31. The highest BCUT2D eigenvalue weighted by Crippen LogP contribution is 2.28. The molecule has 20 heavy (non-hydrogen) atoms. The summed E-state index contributed by atoms with van der Waals surface area (Å²) in [4.78, 5) is 12.8. The molecule has 0 amide bonds. The Balaban J connectivity index is 2.24. The van der Waals surface area contributed by atoms with Gasteiger partial charge in [0.05, 0.1) is 0 Å². The Morgan fingerprint density at radius 2 is 2.25 bits per heavy atom. The Labute approximate surface area is 122 Å². The lowest BCUT2D eigenvalue weighted by Crippen LogP contribution is -2.17. The minimum Gasteiger partial charge on any atom is -0.316 e. The molecule has 0 radical (unpaired) electrons. The zero-order valence-electron chi connectivity index (χ0n) is 12.1. The zero-order valence-corrected chi connectivity index (χ0v) is 12.9. The first-order chi connectivity index (χ1) is 9.65. The third-order valence-corrected chi connectivity index (χ3v) is 4.16. The second-order valence-electron chi connectivity index (χ2n) is 4.70. The first-order valence-corrected chi connectivity index (χ1v) is 7.54. The van der Waals surface area contributed by atoms with Gasteiger partial charge in [0.1, 0.15) is 0 Å². The molecule has 6 heteroatoms. The quantitative estimate of drug-likeness (QED) is 0.856. The van der Waals surface area contributed by atoms with Crippen LogP contribution < -0.4 is 11.0 Å². The predicted molar refractivity (Wildman–Crippen MR) is 81.2 cm³/mol. The van der Waals surface area contributed by atoms with Crippen molar-refractivity contribution in [2.45, 2.75) is 43.4 Å². The Bertz CT molecular complexity index is 632. The Kier molecular flexibility index (Phi) is 5.03. The van der Waals surface area contributed by atoms with Gasteiger partial charge >= 0.3 is 5.69 Å². The van der Waals surface area contributed by atoms with Crippen molar-refractivity contribution in [3.63, 3.8) is 0 Å². The van der Waals surface area contributed by atoms with Crippen LogP contribution in [0.3, 0.4) is 0 Å². The largest absolute Gasteiger partial charge is 0.343 e. The van der Waals surface area contributed by atoms with E-state index in [1.165, 1.54) is 22.9 Å². The van der Waals surface area contributed by atoms with Gasteiger partial charge < -0.3 is 5.32 Å². The molecule has 0 saturated heterocycles. The fraction of sp³-hybridized carbons (Fsp3) is 0.429. The summed E-state index contributed by atoms with van der Waals surface area (Å²) in [5, 5.41) is 10.5. The van der Waals surface area contributed by atoms with Crippen LogP contribution in [-0.2, 0) is 13.1 Å². The van der Waals surface area contributed by atoms with E-state index < -0.39 is 0 Å². The minimum atomic E-state index is -0.140. The van der Waals surface area contributed by atoms with Gasteiger partial charge in [0.15, 0.2) is 5.16 Å². The van der Waals surface area contributed by atoms with E-state index in [1.54, 1.807) is 4.57 Å². The number of aromatic amines is 1. The monoisotopic (exact) mass is 292 g/mol. The van der Waals surface area contributed by atoms with Crippen LogP contribution in [0.1, 0.15) is 24.5 Å². The second kappa shape index (κ2) is 6.76. The lowest BCUT2D eigenvalue weighted by atomic mass is 10.1. The highest BCUT2D eigenvalue weighted by atomic mass is 32.2. The van der Waals surface area contributed by atoms with Crippen molar-refractivity contribution >= 4 is 11.8 Å². The topological polar surface area (TPSA) is 62.7 Å². The van der Waals surface area contributed by atoms with Gasteiger partial charge in [-0.15, -0.1) is 5.10 Å². The number of benzene rings is 1. The first-order valence-electron chi connectivity index (χ1n) is 6.73. The second-order valence-corrected chi connectivity index (χ2v) is 5.70. The summed E-state index contributed by atoms with van der Waals surface area (Å²) < 4.78 is 1.69. The van der Waals surface area contributed by atoms with Crippen molar-refractivity contribution in [1.82, 2.24) is 20.1 Å². The van der Waals surface area contributed by atoms with Gasteiger partial charge in [-0.1, -0.05) is 19.1 Å². The maximum absolute atomic E-state index is 11.7. The number of hydrogen-bond donors (Lipinski definition) is 2. The molecule has 0 saturated carbocycles. The van der Waals surface area contributed by atoms with Crippen LogP contribution in [0.2, 0.25) is 0 Å². The van der Waals surface area contributed by atoms with Crippen molar-refractivity contribution in [2.75, 3.05) is 7.05 Å². The van der Waals surface area contributed by atoms with Gasteiger partial charge in [0.2, 0.25) is 0 Å². The van der Waals surface area contributed by atoms with Crippen LogP contribution >= 0.6 is 11.8 Å². The van der Waals surface area contributed by atoms with E-state index in [4.69, 9.17) is 0 Å². The molecule has 2 rings (SSSR count).